The van der Waals surface area contributed by atoms with Gasteiger partial charge in [-0.1, -0.05) is 90.6 Å². The van der Waals surface area contributed by atoms with Gasteiger partial charge >= 0.3 is 0 Å². The minimum Gasteiger partial charge on any atom is -0.456 e. The molecule has 0 amide bonds. The highest BCUT2D eigenvalue weighted by molar-refractivity contribution is 7.99. The Labute approximate surface area is 332 Å². The molecule has 4 heteroatoms. The summed E-state index contributed by atoms with van der Waals surface area (Å²) in [6.07, 6.45) is 8.55. The second-order valence-electron chi connectivity index (χ2n) is 16.8. The molecule has 272 valence electrons. The maximum Gasteiger partial charge on any atom is 0.137 e. The van der Waals surface area contributed by atoms with Crippen LogP contribution in [0.25, 0.3) is 33.1 Å². The summed E-state index contributed by atoms with van der Waals surface area (Å²) in [4.78, 5) is 7.33. The van der Waals surface area contributed by atoms with E-state index in [0.29, 0.717) is 5.41 Å². The first-order chi connectivity index (χ1) is 27.6. The van der Waals surface area contributed by atoms with Gasteiger partial charge in [-0.2, -0.15) is 0 Å². The number of rotatable bonds is 6. The van der Waals surface area contributed by atoms with Crippen molar-refractivity contribution in [2.24, 2.45) is 17.8 Å². The second kappa shape index (κ2) is 12.7. The molecule has 4 fully saturated rings. The Hall–Kier alpha value is -5.71. The molecule has 8 aromatic rings. The molecule has 3 nitrogen and oxygen atoms in total. The monoisotopic (exact) mass is 742 g/mol. The Morgan fingerprint density at radius 2 is 1.02 bits per heavy atom. The van der Waals surface area contributed by atoms with Crippen molar-refractivity contribution in [1.82, 2.24) is 0 Å². The third-order valence-corrected chi connectivity index (χ3v) is 14.5. The third kappa shape index (κ3) is 5.26. The largest absolute Gasteiger partial charge is 0.456 e. The Kier molecular flexibility index (Phi) is 7.35. The summed E-state index contributed by atoms with van der Waals surface area (Å²) < 4.78 is 6.41. The van der Waals surface area contributed by atoms with Crippen LogP contribution in [0.2, 0.25) is 0 Å². The fraction of sp³-hybridized carbons (Fsp3) is 0.192. The van der Waals surface area contributed by atoms with E-state index < -0.39 is 0 Å². The fourth-order valence-corrected chi connectivity index (χ4v) is 12.4. The molecule has 0 spiro atoms. The molecular formula is C52H42N2OS. The smallest absolute Gasteiger partial charge is 0.137 e. The molecule has 2 heterocycles. The Morgan fingerprint density at radius 3 is 1.66 bits per heavy atom. The van der Waals surface area contributed by atoms with Crippen molar-refractivity contribution in [1.29, 1.82) is 0 Å². The molecule has 0 unspecified atom stereocenters. The number of fused-ring (bicyclic) bond motifs is 5. The quantitative estimate of drug-likeness (QED) is 0.169. The van der Waals surface area contributed by atoms with Crippen LogP contribution in [0.3, 0.4) is 0 Å². The standard InChI is InChI=1S/C52H42N2OS/c1-4-10-48-44(7-1)45-26-25-43(30-49(45)55-48)53(41-23-17-39(18-24-41)52-31-34-27-35(32-52)29-36(28-34)33-52)40-19-13-37(14-20-40)38-15-21-42(22-16-38)54-46-8-2-5-11-50(46)56-51-12-6-3-9-47(51)54/h1-26,30,34-36H,27-29,31-33H2. The molecule has 56 heavy (non-hydrogen) atoms. The molecule has 0 atom stereocenters. The number of hydrogen-bond donors (Lipinski definition) is 0. The van der Waals surface area contributed by atoms with Crippen LogP contribution in [-0.4, -0.2) is 0 Å². The van der Waals surface area contributed by atoms with Gasteiger partial charge in [0.25, 0.3) is 0 Å². The molecule has 1 aliphatic heterocycles. The first-order valence-electron chi connectivity index (χ1n) is 20.3. The van der Waals surface area contributed by atoms with Crippen LogP contribution in [0.15, 0.2) is 178 Å². The molecular weight excluding hydrogens is 701 g/mol. The summed E-state index contributed by atoms with van der Waals surface area (Å²) in [6.45, 7) is 0. The normalized spacial score (nSPS) is 22.0. The van der Waals surface area contributed by atoms with Crippen LogP contribution < -0.4 is 9.80 Å². The van der Waals surface area contributed by atoms with Gasteiger partial charge in [-0.05, 0) is 157 Å². The average Bonchev–Trinajstić information content (AvgIpc) is 3.61. The van der Waals surface area contributed by atoms with Crippen molar-refractivity contribution in [2.45, 2.75) is 53.7 Å². The van der Waals surface area contributed by atoms with Crippen molar-refractivity contribution in [2.75, 3.05) is 9.80 Å². The van der Waals surface area contributed by atoms with Crippen LogP contribution in [0.1, 0.15) is 44.1 Å². The maximum absolute atomic E-state index is 6.41. The van der Waals surface area contributed by atoms with E-state index in [0.717, 1.165) is 56.8 Å². The van der Waals surface area contributed by atoms with Gasteiger partial charge < -0.3 is 14.2 Å². The Bertz CT molecular complexity index is 2680. The van der Waals surface area contributed by atoms with Gasteiger partial charge in [0.05, 0.1) is 11.4 Å². The number of para-hydroxylation sites is 3. The van der Waals surface area contributed by atoms with Crippen LogP contribution in [0.5, 0.6) is 0 Å². The van der Waals surface area contributed by atoms with Crippen LogP contribution in [-0.2, 0) is 5.41 Å². The molecule has 5 aliphatic rings. The van der Waals surface area contributed by atoms with Crippen LogP contribution in [0.4, 0.5) is 34.1 Å². The van der Waals surface area contributed by atoms with E-state index in [4.69, 9.17) is 4.42 Å². The minimum absolute atomic E-state index is 0.377. The SMILES string of the molecule is c1ccc2c(c1)Sc1ccccc1N2c1ccc(-c2ccc(N(c3ccc(C45CC6CC(CC(C6)C4)C5)cc3)c3ccc4c(c3)oc3ccccc34)cc2)cc1. The van der Waals surface area contributed by atoms with E-state index in [2.05, 4.69) is 168 Å². The molecule has 0 saturated heterocycles. The first kappa shape index (κ1) is 32.5. The van der Waals surface area contributed by atoms with Crippen LogP contribution >= 0.6 is 11.8 Å². The summed E-state index contributed by atoms with van der Waals surface area (Å²) >= 11 is 1.84. The predicted molar refractivity (Wildman–Crippen MR) is 232 cm³/mol. The van der Waals surface area contributed by atoms with Gasteiger partial charge in [0, 0.05) is 49.4 Å². The molecule has 0 radical (unpaired) electrons. The number of nitrogens with zero attached hydrogens (tertiary/aromatic N) is 2. The molecule has 7 aromatic carbocycles. The summed E-state index contributed by atoms with van der Waals surface area (Å²) in [6, 6.07) is 60.2. The van der Waals surface area contributed by atoms with E-state index in [1.54, 1.807) is 5.56 Å². The van der Waals surface area contributed by atoms with Crippen molar-refractivity contribution < 1.29 is 4.42 Å². The van der Waals surface area contributed by atoms with Gasteiger partial charge in [0.15, 0.2) is 0 Å². The second-order valence-corrected chi connectivity index (χ2v) is 17.9. The van der Waals surface area contributed by atoms with E-state index in [9.17, 15) is 0 Å². The van der Waals surface area contributed by atoms with Crippen molar-refractivity contribution in [3.05, 3.63) is 169 Å². The number of benzene rings is 7. The molecule has 4 aliphatic carbocycles. The highest BCUT2D eigenvalue weighted by Crippen LogP contribution is 2.61. The number of hydrogen-bond acceptors (Lipinski definition) is 4. The molecule has 4 saturated carbocycles. The van der Waals surface area contributed by atoms with Gasteiger partial charge in [-0.25, -0.2) is 0 Å². The zero-order valence-corrected chi connectivity index (χ0v) is 32.1. The lowest BCUT2D eigenvalue weighted by Crippen LogP contribution is -2.48. The Morgan fingerprint density at radius 1 is 0.500 bits per heavy atom. The van der Waals surface area contributed by atoms with Gasteiger partial charge in [0.1, 0.15) is 11.2 Å². The minimum atomic E-state index is 0.377. The molecule has 1 aromatic heterocycles. The first-order valence-corrected chi connectivity index (χ1v) is 21.1. The third-order valence-electron chi connectivity index (χ3n) is 13.4. The zero-order chi connectivity index (χ0) is 36.8. The summed E-state index contributed by atoms with van der Waals surface area (Å²) in [5.74, 6) is 2.79. The van der Waals surface area contributed by atoms with Crippen LogP contribution in [0, 0.1) is 17.8 Å². The molecule has 0 N–H and O–H groups in total. The summed E-state index contributed by atoms with van der Waals surface area (Å²) in [5.41, 5.74) is 13.2. The average molecular weight is 743 g/mol. The van der Waals surface area contributed by atoms with Gasteiger partial charge in [-0.15, -0.1) is 0 Å². The van der Waals surface area contributed by atoms with E-state index in [1.807, 2.05) is 17.8 Å². The Balaban J connectivity index is 0.894. The van der Waals surface area contributed by atoms with E-state index in [-0.39, 0.29) is 0 Å². The highest BCUT2D eigenvalue weighted by Gasteiger charge is 2.51. The van der Waals surface area contributed by atoms with Gasteiger partial charge in [-0.3, -0.25) is 0 Å². The zero-order valence-electron chi connectivity index (χ0n) is 31.3. The van der Waals surface area contributed by atoms with Crippen molar-refractivity contribution in [3.63, 3.8) is 0 Å². The van der Waals surface area contributed by atoms with E-state index in [1.165, 1.54) is 76.5 Å². The fourth-order valence-electron chi connectivity index (χ4n) is 11.3. The number of anilines is 6. The predicted octanol–water partition coefficient (Wildman–Crippen LogP) is 15.1. The lowest BCUT2D eigenvalue weighted by molar-refractivity contribution is -0.00518. The van der Waals surface area contributed by atoms with Crippen molar-refractivity contribution >= 4 is 67.8 Å². The molecule has 13 rings (SSSR count). The van der Waals surface area contributed by atoms with E-state index >= 15 is 0 Å². The highest BCUT2D eigenvalue weighted by atomic mass is 32.2. The van der Waals surface area contributed by atoms with Crippen molar-refractivity contribution in [3.8, 4) is 11.1 Å². The number of furan rings is 1. The lowest BCUT2D eigenvalue weighted by atomic mass is 9.48. The molecule has 4 bridgehead atoms. The summed E-state index contributed by atoms with van der Waals surface area (Å²) in [7, 11) is 0. The van der Waals surface area contributed by atoms with Gasteiger partial charge in [0.2, 0.25) is 0 Å². The maximum atomic E-state index is 6.41. The topological polar surface area (TPSA) is 19.6 Å². The summed E-state index contributed by atoms with van der Waals surface area (Å²) in [5, 5.41) is 2.30. The lowest BCUT2D eigenvalue weighted by Gasteiger charge is -2.57.